The monoisotopic (exact) mass is 589 g/mol. The number of aromatic nitrogens is 1. The molecule has 1 aliphatic heterocycles. The molecule has 0 aliphatic carbocycles. The first kappa shape index (κ1) is 36.5. The molecule has 1 unspecified atom stereocenters. The zero-order chi connectivity index (χ0) is 30.5. The summed E-state index contributed by atoms with van der Waals surface area (Å²) in [6.07, 6.45) is 26.5. The summed E-state index contributed by atoms with van der Waals surface area (Å²) in [5.74, 6) is 1.14. The van der Waals surface area contributed by atoms with E-state index in [2.05, 4.69) is 38.2 Å². The average Bonchev–Trinajstić information content (AvgIpc) is 2.97. The SMILES string of the molecule is CCCCCCCCCCCCCC(=O)NCCC[N+](C)(C)Cc1cnc(C)c2c1COC(CCCCCCCC)O2. The first-order valence-corrected chi connectivity index (χ1v) is 17.7. The normalized spacial score (nSPS) is 14.9. The molecule has 0 saturated carbocycles. The van der Waals surface area contributed by atoms with E-state index in [0.29, 0.717) is 13.0 Å². The Kier molecular flexibility index (Phi) is 19.1. The van der Waals surface area contributed by atoms with Gasteiger partial charge in [-0.2, -0.15) is 0 Å². The molecule has 42 heavy (non-hydrogen) atoms. The van der Waals surface area contributed by atoms with Gasteiger partial charge in [0, 0.05) is 43.1 Å². The third-order valence-electron chi connectivity index (χ3n) is 8.73. The van der Waals surface area contributed by atoms with Crippen molar-refractivity contribution in [2.45, 2.75) is 169 Å². The number of amides is 1. The number of nitrogens with zero attached hydrogens (tertiary/aromatic N) is 2. The molecule has 6 heteroatoms. The second-order valence-corrected chi connectivity index (χ2v) is 13.4. The number of hydrogen-bond donors (Lipinski definition) is 1. The van der Waals surface area contributed by atoms with Crippen LogP contribution in [0.25, 0.3) is 0 Å². The molecule has 2 rings (SSSR count). The lowest BCUT2D eigenvalue weighted by Crippen LogP contribution is -2.41. The summed E-state index contributed by atoms with van der Waals surface area (Å²) in [4.78, 5) is 17.0. The number of hydrogen-bond acceptors (Lipinski definition) is 4. The van der Waals surface area contributed by atoms with Gasteiger partial charge in [0.1, 0.15) is 12.3 Å². The number of fused-ring (bicyclic) bond motifs is 1. The van der Waals surface area contributed by atoms with Gasteiger partial charge in [0.05, 0.1) is 32.9 Å². The summed E-state index contributed by atoms with van der Waals surface area (Å²) in [5, 5.41) is 3.15. The molecule has 0 saturated heterocycles. The molecule has 1 amide bonds. The Morgan fingerprint density at radius 3 is 2.05 bits per heavy atom. The van der Waals surface area contributed by atoms with Crippen LogP contribution in [0, 0.1) is 6.92 Å². The van der Waals surface area contributed by atoms with Crippen molar-refractivity contribution in [2.75, 3.05) is 27.2 Å². The highest BCUT2D eigenvalue weighted by Gasteiger charge is 2.27. The lowest BCUT2D eigenvalue weighted by molar-refractivity contribution is -0.903. The number of pyridine rings is 1. The number of carbonyl (C=O) groups excluding carboxylic acids is 1. The van der Waals surface area contributed by atoms with Gasteiger partial charge in [-0.3, -0.25) is 9.78 Å². The molecule has 1 aliphatic rings. The first-order chi connectivity index (χ1) is 20.4. The standard InChI is InChI=1S/C36H65N3O3/c1-6-8-10-12-14-15-16-17-18-19-21-24-34(40)37-26-23-27-39(4,5)29-32-28-38-31(3)36-33(32)30-41-35(42-36)25-22-20-13-11-9-7-2/h28,35H,6-27,29-30H2,1-5H3/p+1. The van der Waals surface area contributed by atoms with E-state index >= 15 is 0 Å². The molecule has 6 nitrogen and oxygen atoms in total. The molecule has 1 atom stereocenters. The van der Waals surface area contributed by atoms with Crippen LogP contribution in [0.3, 0.4) is 0 Å². The Labute approximate surface area is 259 Å². The highest BCUT2D eigenvalue weighted by molar-refractivity contribution is 5.75. The van der Waals surface area contributed by atoms with Crippen LogP contribution >= 0.6 is 0 Å². The average molecular weight is 589 g/mol. The first-order valence-electron chi connectivity index (χ1n) is 17.7. The molecule has 0 aromatic carbocycles. The van der Waals surface area contributed by atoms with Crippen LogP contribution in [-0.4, -0.2) is 48.8 Å². The van der Waals surface area contributed by atoms with E-state index in [1.165, 1.54) is 102 Å². The van der Waals surface area contributed by atoms with Crippen molar-refractivity contribution in [3.8, 4) is 5.75 Å². The quantitative estimate of drug-likeness (QED) is 0.0914. The number of aryl methyl sites for hydroxylation is 1. The third-order valence-corrected chi connectivity index (χ3v) is 8.73. The second kappa shape index (κ2) is 21.9. The Morgan fingerprint density at radius 2 is 1.43 bits per heavy atom. The van der Waals surface area contributed by atoms with Gasteiger partial charge in [-0.25, -0.2) is 0 Å². The number of nitrogens with one attached hydrogen (secondary N) is 1. The Bertz CT molecular complexity index is 858. The van der Waals surface area contributed by atoms with E-state index in [9.17, 15) is 4.79 Å². The third kappa shape index (κ3) is 15.7. The maximum absolute atomic E-state index is 12.3. The fraction of sp³-hybridized carbons (Fsp3) is 0.833. The smallest absolute Gasteiger partial charge is 0.219 e. The van der Waals surface area contributed by atoms with E-state index < -0.39 is 0 Å². The van der Waals surface area contributed by atoms with Gasteiger partial charge in [-0.15, -0.1) is 0 Å². The van der Waals surface area contributed by atoms with Gasteiger partial charge in [-0.05, 0) is 19.8 Å². The van der Waals surface area contributed by atoms with Gasteiger partial charge in [-0.1, -0.05) is 110 Å². The van der Waals surface area contributed by atoms with Crippen molar-refractivity contribution in [1.29, 1.82) is 0 Å². The van der Waals surface area contributed by atoms with Crippen LogP contribution in [0.5, 0.6) is 5.75 Å². The van der Waals surface area contributed by atoms with Crippen LogP contribution < -0.4 is 10.1 Å². The van der Waals surface area contributed by atoms with Crippen molar-refractivity contribution in [3.05, 3.63) is 23.0 Å². The lowest BCUT2D eigenvalue weighted by atomic mass is 10.1. The molecule has 0 fully saturated rings. The summed E-state index contributed by atoms with van der Waals surface area (Å²) in [5.41, 5.74) is 3.32. The zero-order valence-electron chi connectivity index (χ0n) is 28.2. The molecule has 2 heterocycles. The Hall–Kier alpha value is -1.66. The van der Waals surface area contributed by atoms with Crippen LogP contribution in [0.4, 0.5) is 0 Å². The number of ether oxygens (including phenoxy) is 2. The zero-order valence-corrected chi connectivity index (χ0v) is 28.2. The minimum atomic E-state index is -0.157. The van der Waals surface area contributed by atoms with E-state index in [4.69, 9.17) is 9.47 Å². The highest BCUT2D eigenvalue weighted by Crippen LogP contribution is 2.33. The molecule has 1 aromatic heterocycles. The predicted molar refractivity (Wildman–Crippen MR) is 176 cm³/mol. The van der Waals surface area contributed by atoms with Crippen LogP contribution in [0.1, 0.15) is 159 Å². The lowest BCUT2D eigenvalue weighted by Gasteiger charge is -2.33. The van der Waals surface area contributed by atoms with Crippen molar-refractivity contribution in [1.82, 2.24) is 10.3 Å². The minimum Gasteiger partial charge on any atom is -0.463 e. The number of quaternary nitrogens is 1. The Balaban J connectivity index is 1.61. The predicted octanol–water partition coefficient (Wildman–Crippen LogP) is 9.16. The molecule has 0 spiro atoms. The van der Waals surface area contributed by atoms with Gasteiger partial charge < -0.3 is 19.3 Å². The van der Waals surface area contributed by atoms with Crippen molar-refractivity contribution in [3.63, 3.8) is 0 Å². The number of carbonyl (C=O) groups is 1. The summed E-state index contributed by atoms with van der Waals surface area (Å²) in [6, 6.07) is 0. The topological polar surface area (TPSA) is 60.5 Å². The molecule has 1 N–H and O–H groups in total. The molecule has 0 radical (unpaired) electrons. The molecule has 242 valence electrons. The van der Waals surface area contributed by atoms with Gasteiger partial charge in [0.25, 0.3) is 0 Å². The fourth-order valence-corrected chi connectivity index (χ4v) is 6.01. The van der Waals surface area contributed by atoms with Crippen molar-refractivity contribution in [2.24, 2.45) is 0 Å². The minimum absolute atomic E-state index is 0.157. The highest BCUT2D eigenvalue weighted by atomic mass is 16.7. The van der Waals surface area contributed by atoms with E-state index in [1.807, 2.05) is 13.1 Å². The molecular formula is C36H66N3O3+. The van der Waals surface area contributed by atoms with E-state index in [0.717, 1.165) is 66.8 Å². The van der Waals surface area contributed by atoms with Crippen LogP contribution in [-0.2, 0) is 22.7 Å². The van der Waals surface area contributed by atoms with Crippen molar-refractivity contribution < 1.29 is 18.8 Å². The molecular weight excluding hydrogens is 522 g/mol. The van der Waals surface area contributed by atoms with E-state index in [-0.39, 0.29) is 12.2 Å². The van der Waals surface area contributed by atoms with Crippen LogP contribution in [0.2, 0.25) is 0 Å². The van der Waals surface area contributed by atoms with Crippen LogP contribution in [0.15, 0.2) is 6.20 Å². The largest absolute Gasteiger partial charge is 0.463 e. The number of unbranched alkanes of at least 4 members (excludes halogenated alkanes) is 15. The Morgan fingerprint density at radius 1 is 0.857 bits per heavy atom. The summed E-state index contributed by atoms with van der Waals surface area (Å²) < 4.78 is 13.3. The number of rotatable bonds is 25. The van der Waals surface area contributed by atoms with Gasteiger partial charge in [0.2, 0.25) is 5.91 Å². The maximum Gasteiger partial charge on any atom is 0.219 e. The van der Waals surface area contributed by atoms with Gasteiger partial charge in [0.15, 0.2) is 6.29 Å². The summed E-state index contributed by atoms with van der Waals surface area (Å²) in [7, 11) is 4.51. The second-order valence-electron chi connectivity index (χ2n) is 13.4. The maximum atomic E-state index is 12.3. The molecule has 1 aromatic rings. The summed E-state index contributed by atoms with van der Waals surface area (Å²) in [6.45, 7) is 9.77. The van der Waals surface area contributed by atoms with Gasteiger partial charge >= 0.3 is 0 Å². The fourth-order valence-electron chi connectivity index (χ4n) is 6.01. The molecule has 0 bridgehead atoms. The summed E-state index contributed by atoms with van der Waals surface area (Å²) >= 11 is 0. The van der Waals surface area contributed by atoms with E-state index in [1.54, 1.807) is 0 Å². The van der Waals surface area contributed by atoms with Crippen molar-refractivity contribution >= 4 is 5.91 Å².